The first-order valence-electron chi connectivity index (χ1n) is 6.71. The minimum atomic E-state index is 0.144. The molecule has 20 heavy (non-hydrogen) atoms. The van der Waals surface area contributed by atoms with E-state index in [2.05, 4.69) is 34.3 Å². The minimum Gasteiger partial charge on any atom is -0.384 e. The first-order valence-corrected chi connectivity index (χ1v) is 6.71. The Bertz CT molecular complexity index is 545. The Hall–Kier alpha value is -2.14. The van der Waals surface area contributed by atoms with Gasteiger partial charge in [0.05, 0.1) is 0 Å². The van der Waals surface area contributed by atoms with E-state index in [1.54, 1.807) is 6.07 Å². The Kier molecular flexibility index (Phi) is 4.90. The van der Waals surface area contributed by atoms with Gasteiger partial charge in [0, 0.05) is 18.7 Å². The van der Waals surface area contributed by atoms with Crippen molar-refractivity contribution in [3.63, 3.8) is 0 Å². The molecule has 0 aliphatic carbocycles. The lowest BCUT2D eigenvalue weighted by Gasteiger charge is -2.15. The molecule has 2 rings (SSSR count). The first-order chi connectivity index (χ1) is 9.69. The molecule has 0 radical (unpaired) electrons. The molecular formula is C15H20N4O. The molecule has 1 aromatic carbocycles. The number of nitrogen functional groups attached to an aromatic ring is 1. The molecule has 0 fully saturated rings. The Morgan fingerprint density at radius 2 is 2.00 bits per heavy atom. The Morgan fingerprint density at radius 1 is 1.25 bits per heavy atom. The lowest BCUT2D eigenvalue weighted by Crippen LogP contribution is -2.11. The van der Waals surface area contributed by atoms with E-state index < -0.39 is 0 Å². The summed E-state index contributed by atoms with van der Waals surface area (Å²) in [5, 5.41) is 3.33. The molecular weight excluding hydrogens is 252 g/mol. The molecule has 1 heterocycles. The second-order valence-corrected chi connectivity index (χ2v) is 4.51. The predicted octanol–water partition coefficient (Wildman–Crippen LogP) is 2.77. The van der Waals surface area contributed by atoms with E-state index in [0.717, 1.165) is 0 Å². The summed E-state index contributed by atoms with van der Waals surface area (Å²) in [7, 11) is 0. The topological polar surface area (TPSA) is 73.1 Å². The van der Waals surface area contributed by atoms with E-state index in [1.165, 1.54) is 5.56 Å². The van der Waals surface area contributed by atoms with Crippen LogP contribution in [0.2, 0.25) is 0 Å². The van der Waals surface area contributed by atoms with Crippen LogP contribution in [0.1, 0.15) is 31.3 Å². The third-order valence-corrected chi connectivity index (χ3v) is 2.89. The van der Waals surface area contributed by atoms with Gasteiger partial charge in [-0.05, 0) is 19.4 Å². The lowest BCUT2D eigenvalue weighted by molar-refractivity contribution is 0.128. The number of nitrogens with one attached hydrogen (secondary N) is 1. The molecule has 0 amide bonds. The van der Waals surface area contributed by atoms with Crippen molar-refractivity contribution in [2.24, 2.45) is 0 Å². The Labute approximate surface area is 119 Å². The molecule has 5 nitrogen and oxygen atoms in total. The fraction of sp³-hybridized carbons (Fsp3) is 0.333. The number of hydrogen-bond donors (Lipinski definition) is 2. The minimum absolute atomic E-state index is 0.144. The molecule has 0 saturated carbocycles. The zero-order chi connectivity index (χ0) is 14.4. The van der Waals surface area contributed by atoms with Crippen molar-refractivity contribution in [1.82, 2.24) is 9.97 Å². The van der Waals surface area contributed by atoms with Gasteiger partial charge in [0.25, 0.3) is 0 Å². The molecule has 106 valence electrons. The number of hydrogen-bond acceptors (Lipinski definition) is 5. The Balaban J connectivity index is 2.10. The van der Waals surface area contributed by atoms with Crippen molar-refractivity contribution in [3.05, 3.63) is 47.8 Å². The highest BCUT2D eigenvalue weighted by Gasteiger charge is 2.08. The summed E-state index contributed by atoms with van der Waals surface area (Å²) in [5.41, 5.74) is 6.99. The van der Waals surface area contributed by atoms with Crippen molar-refractivity contribution in [2.75, 3.05) is 17.7 Å². The number of rotatable bonds is 6. The van der Waals surface area contributed by atoms with E-state index >= 15 is 0 Å². The van der Waals surface area contributed by atoms with Crippen molar-refractivity contribution in [2.45, 2.75) is 26.5 Å². The van der Waals surface area contributed by atoms with Crippen LogP contribution >= 0.6 is 0 Å². The van der Waals surface area contributed by atoms with Crippen LogP contribution in [0, 0.1) is 0 Å². The molecule has 2 aromatic rings. The number of anilines is 2. The zero-order valence-corrected chi connectivity index (χ0v) is 11.8. The van der Waals surface area contributed by atoms with Crippen LogP contribution in [-0.4, -0.2) is 16.6 Å². The Morgan fingerprint density at radius 3 is 2.70 bits per heavy atom. The highest BCUT2D eigenvalue weighted by Crippen LogP contribution is 2.18. The van der Waals surface area contributed by atoms with Crippen LogP contribution in [0.3, 0.4) is 0 Å². The highest BCUT2D eigenvalue weighted by atomic mass is 16.5. The number of ether oxygens (including phenoxy) is 1. The van der Waals surface area contributed by atoms with Gasteiger partial charge in [0.15, 0.2) is 5.82 Å². The monoisotopic (exact) mass is 272 g/mol. The fourth-order valence-corrected chi connectivity index (χ4v) is 1.90. The van der Waals surface area contributed by atoms with Gasteiger partial charge < -0.3 is 15.8 Å². The van der Waals surface area contributed by atoms with Crippen molar-refractivity contribution in [1.29, 1.82) is 0 Å². The van der Waals surface area contributed by atoms with Crippen molar-refractivity contribution < 1.29 is 4.74 Å². The summed E-state index contributed by atoms with van der Waals surface area (Å²) in [4.78, 5) is 8.56. The van der Waals surface area contributed by atoms with Crippen LogP contribution in [0.4, 0.5) is 11.6 Å². The van der Waals surface area contributed by atoms with Crippen molar-refractivity contribution in [3.8, 4) is 0 Å². The summed E-state index contributed by atoms with van der Waals surface area (Å²) in [5.74, 6) is 1.75. The average molecular weight is 272 g/mol. The smallest absolute Gasteiger partial charge is 0.158 e. The third kappa shape index (κ3) is 3.93. The SMILES string of the molecule is CCOCc1nc(N)cc(NC(C)c2ccccc2)n1. The van der Waals surface area contributed by atoms with Gasteiger partial charge in [-0.15, -0.1) is 0 Å². The molecule has 0 aliphatic heterocycles. The summed E-state index contributed by atoms with van der Waals surface area (Å²) in [6.07, 6.45) is 0. The molecule has 1 unspecified atom stereocenters. The van der Waals surface area contributed by atoms with E-state index in [0.29, 0.717) is 30.7 Å². The predicted molar refractivity (Wildman–Crippen MR) is 80.3 cm³/mol. The van der Waals surface area contributed by atoms with Gasteiger partial charge in [-0.2, -0.15) is 0 Å². The van der Waals surface area contributed by atoms with Gasteiger partial charge in [-0.3, -0.25) is 0 Å². The van der Waals surface area contributed by atoms with Crippen LogP contribution in [0.15, 0.2) is 36.4 Å². The van der Waals surface area contributed by atoms with Crippen LogP contribution in [-0.2, 0) is 11.3 Å². The maximum absolute atomic E-state index is 5.80. The van der Waals surface area contributed by atoms with Gasteiger partial charge in [0.1, 0.15) is 18.2 Å². The molecule has 0 bridgehead atoms. The maximum Gasteiger partial charge on any atom is 0.158 e. The standard InChI is InChI=1S/C15H20N4O/c1-3-20-10-15-18-13(16)9-14(19-15)17-11(2)12-7-5-4-6-8-12/h4-9,11H,3,10H2,1-2H3,(H3,16,17,18,19). The first kappa shape index (κ1) is 14.3. The fourth-order valence-electron chi connectivity index (χ4n) is 1.90. The summed E-state index contributed by atoms with van der Waals surface area (Å²) in [6.45, 7) is 5.01. The second-order valence-electron chi connectivity index (χ2n) is 4.51. The normalized spacial score (nSPS) is 12.1. The van der Waals surface area contributed by atoms with Crippen LogP contribution in [0.5, 0.6) is 0 Å². The molecule has 5 heteroatoms. The van der Waals surface area contributed by atoms with Gasteiger partial charge >= 0.3 is 0 Å². The third-order valence-electron chi connectivity index (χ3n) is 2.89. The van der Waals surface area contributed by atoms with Crippen LogP contribution in [0.25, 0.3) is 0 Å². The van der Waals surface area contributed by atoms with E-state index in [4.69, 9.17) is 10.5 Å². The number of nitrogens with two attached hydrogens (primary N) is 1. The average Bonchev–Trinajstić information content (AvgIpc) is 2.45. The highest BCUT2D eigenvalue weighted by molar-refractivity contribution is 5.46. The van der Waals surface area contributed by atoms with E-state index in [-0.39, 0.29) is 6.04 Å². The summed E-state index contributed by atoms with van der Waals surface area (Å²) >= 11 is 0. The quantitative estimate of drug-likeness (QED) is 0.846. The summed E-state index contributed by atoms with van der Waals surface area (Å²) < 4.78 is 5.31. The molecule has 1 atom stereocenters. The van der Waals surface area contributed by atoms with E-state index in [1.807, 2.05) is 25.1 Å². The number of nitrogens with zero attached hydrogens (tertiary/aromatic N) is 2. The molecule has 0 spiro atoms. The van der Waals surface area contributed by atoms with Gasteiger partial charge in [-0.25, -0.2) is 9.97 Å². The molecule has 1 aromatic heterocycles. The molecule has 3 N–H and O–H groups in total. The second kappa shape index (κ2) is 6.86. The van der Waals surface area contributed by atoms with Crippen LogP contribution < -0.4 is 11.1 Å². The van der Waals surface area contributed by atoms with Gasteiger partial charge in [-0.1, -0.05) is 30.3 Å². The molecule has 0 aliphatic rings. The lowest BCUT2D eigenvalue weighted by atomic mass is 10.1. The van der Waals surface area contributed by atoms with Gasteiger partial charge in [0.2, 0.25) is 0 Å². The molecule has 0 saturated heterocycles. The zero-order valence-electron chi connectivity index (χ0n) is 11.8. The number of aromatic nitrogens is 2. The van der Waals surface area contributed by atoms with Crippen molar-refractivity contribution >= 4 is 11.6 Å². The largest absolute Gasteiger partial charge is 0.384 e. The maximum atomic E-state index is 5.80. The number of benzene rings is 1. The van der Waals surface area contributed by atoms with E-state index in [9.17, 15) is 0 Å². The summed E-state index contributed by atoms with van der Waals surface area (Å²) in [6, 6.07) is 12.1.